The van der Waals surface area contributed by atoms with E-state index in [1.54, 1.807) is 19.1 Å². The molecule has 5 rings (SSSR count). The van der Waals surface area contributed by atoms with Gasteiger partial charge >= 0.3 is 0 Å². The predicted molar refractivity (Wildman–Crippen MR) is 157 cm³/mol. The van der Waals surface area contributed by atoms with Crippen LogP contribution in [0.2, 0.25) is 0 Å². The second-order valence-electron chi connectivity index (χ2n) is 11.3. The number of aromatic hydroxyl groups is 1. The van der Waals surface area contributed by atoms with Crippen molar-refractivity contribution in [2.75, 3.05) is 13.9 Å². The Morgan fingerprint density at radius 3 is 2.46 bits per heavy atom. The second kappa shape index (κ2) is 14.3. The number of rotatable bonds is 10. The highest BCUT2D eigenvalue weighted by Gasteiger charge is 2.53. The van der Waals surface area contributed by atoms with E-state index in [1.807, 2.05) is 0 Å². The van der Waals surface area contributed by atoms with Crippen LogP contribution in [0, 0.1) is 5.82 Å². The molecule has 6 N–H and O–H groups in total. The van der Waals surface area contributed by atoms with E-state index in [4.69, 9.17) is 28.5 Å². The molecule has 0 radical (unpaired) electrons. The number of nitrogens with one attached hydrogen (secondary N) is 1. The van der Waals surface area contributed by atoms with E-state index in [0.29, 0.717) is 16.8 Å². The molecule has 2 aromatic rings. The van der Waals surface area contributed by atoms with Gasteiger partial charge in [0.2, 0.25) is 12.2 Å². The molecule has 0 unspecified atom stereocenters. The van der Waals surface area contributed by atoms with Crippen LogP contribution in [-0.4, -0.2) is 106 Å². The molecule has 0 aromatic heterocycles. The largest absolute Gasteiger partial charge is 0.504 e. The Bertz CT molecular complexity index is 1470. The molecule has 250 valence electrons. The lowest BCUT2D eigenvalue weighted by Crippen LogP contribution is -2.67. The minimum atomic E-state index is -1.49. The summed E-state index contributed by atoms with van der Waals surface area (Å²) < 4.78 is 40.8. The number of ether oxygens (including phenoxy) is 5. The highest BCUT2D eigenvalue weighted by molar-refractivity contribution is 5.97. The number of benzene rings is 2. The van der Waals surface area contributed by atoms with Crippen LogP contribution in [0.25, 0.3) is 6.08 Å². The lowest BCUT2D eigenvalue weighted by atomic mass is 9.83. The maximum Gasteiger partial charge on any atom is 0.247 e. The number of phenolic OH excluding ortho intramolecular Hbond substituents is 1. The maximum absolute atomic E-state index is 13.9. The molecule has 2 aliphatic heterocycles. The molecule has 3 aliphatic rings. The fraction of sp³-hybridized carbons (Fsp3) is 0.484. The third-order valence-electron chi connectivity index (χ3n) is 8.03. The normalized spacial score (nSPS) is 31.3. The summed E-state index contributed by atoms with van der Waals surface area (Å²) in [5.41, 5.74) is 1.49. The molecule has 2 heterocycles. The average Bonchev–Trinajstić information content (AvgIpc) is 3.66. The van der Waals surface area contributed by atoms with Gasteiger partial charge in [-0.15, -0.1) is 0 Å². The summed E-state index contributed by atoms with van der Waals surface area (Å²) in [4.78, 5) is 18.2. The molecule has 14 nitrogen and oxygen atoms in total. The van der Waals surface area contributed by atoms with Crippen molar-refractivity contribution in [1.82, 2.24) is 5.32 Å². The van der Waals surface area contributed by atoms with Crippen molar-refractivity contribution in [2.24, 2.45) is 5.16 Å². The zero-order valence-electron chi connectivity index (χ0n) is 25.3. The Kier molecular flexibility index (Phi) is 10.4. The Balaban J connectivity index is 1.15. The highest BCUT2D eigenvalue weighted by atomic mass is 19.1. The fourth-order valence-corrected chi connectivity index (χ4v) is 5.55. The van der Waals surface area contributed by atoms with Gasteiger partial charge < -0.3 is 59.4 Å². The SMILES string of the molecule is COc1ccc(CO/N=C(/C)[C@H]2O[C@@H](Oc3ccc(/C=C(\C)C(=O)N[C@@H]4[C@H](O)[C@@H](O)[C@H]5OCO[C@H]5[C@@H]4O)cc3O)C[C@@H]2O)cc1F. The van der Waals surface area contributed by atoms with E-state index >= 15 is 0 Å². The number of aliphatic hydroxyl groups excluding tert-OH is 4. The second-order valence-corrected chi connectivity index (χ2v) is 11.3. The molecular formula is C31H37FN2O12. The van der Waals surface area contributed by atoms with Gasteiger partial charge in [-0.25, -0.2) is 4.39 Å². The van der Waals surface area contributed by atoms with Crippen LogP contribution in [0.1, 0.15) is 31.4 Å². The highest BCUT2D eigenvalue weighted by Crippen LogP contribution is 2.33. The molecule has 3 fully saturated rings. The summed E-state index contributed by atoms with van der Waals surface area (Å²) >= 11 is 0. The number of halogens is 1. The number of carbonyl (C=O) groups is 1. The first-order valence-corrected chi connectivity index (χ1v) is 14.6. The number of oxime groups is 1. The van der Waals surface area contributed by atoms with Crippen LogP contribution in [0.4, 0.5) is 4.39 Å². The Morgan fingerprint density at radius 2 is 1.76 bits per heavy atom. The average molecular weight is 649 g/mol. The number of phenols is 1. The van der Waals surface area contributed by atoms with Gasteiger partial charge in [0.15, 0.2) is 23.1 Å². The van der Waals surface area contributed by atoms with Gasteiger partial charge in [-0.1, -0.05) is 17.3 Å². The molecule has 1 aliphatic carbocycles. The van der Waals surface area contributed by atoms with Gasteiger partial charge in [0.1, 0.15) is 50.0 Å². The molecule has 15 heteroatoms. The quantitative estimate of drug-likeness (QED) is 0.120. The molecule has 0 bridgehead atoms. The van der Waals surface area contributed by atoms with Crippen molar-refractivity contribution in [3.8, 4) is 17.2 Å². The van der Waals surface area contributed by atoms with Gasteiger partial charge in [0.25, 0.3) is 0 Å². The number of fused-ring (bicyclic) bond motifs is 1. The van der Waals surface area contributed by atoms with Crippen molar-refractivity contribution in [3.05, 3.63) is 58.9 Å². The van der Waals surface area contributed by atoms with Crippen molar-refractivity contribution < 1.29 is 63.2 Å². The van der Waals surface area contributed by atoms with Crippen LogP contribution in [0.5, 0.6) is 17.2 Å². The number of hydrogen-bond donors (Lipinski definition) is 6. The number of nitrogens with zero attached hydrogens (tertiary/aromatic N) is 1. The van der Waals surface area contributed by atoms with Gasteiger partial charge in [-0.2, -0.15) is 0 Å². The van der Waals surface area contributed by atoms with Crippen molar-refractivity contribution in [3.63, 3.8) is 0 Å². The Morgan fingerprint density at radius 1 is 1.04 bits per heavy atom. The summed E-state index contributed by atoms with van der Waals surface area (Å²) in [5.74, 6) is -1.22. The minimum absolute atomic E-state index is 0.0182. The molecule has 2 saturated heterocycles. The first kappa shape index (κ1) is 33.5. The van der Waals surface area contributed by atoms with Crippen LogP contribution >= 0.6 is 0 Å². The summed E-state index contributed by atoms with van der Waals surface area (Å²) in [7, 11) is 1.37. The lowest BCUT2D eigenvalue weighted by molar-refractivity contribution is -0.155. The van der Waals surface area contributed by atoms with Gasteiger partial charge in [0, 0.05) is 12.0 Å². The van der Waals surface area contributed by atoms with E-state index in [-0.39, 0.29) is 42.6 Å². The molecule has 2 aromatic carbocycles. The van der Waals surface area contributed by atoms with Crippen LogP contribution in [0.15, 0.2) is 47.1 Å². The number of amides is 1. The molecule has 1 saturated carbocycles. The summed E-state index contributed by atoms with van der Waals surface area (Å²) in [6.45, 7) is 2.94. The van der Waals surface area contributed by atoms with Crippen LogP contribution in [-0.2, 0) is 30.4 Å². The first-order chi connectivity index (χ1) is 22.0. The number of hydrogen-bond acceptors (Lipinski definition) is 13. The third kappa shape index (κ3) is 7.25. The fourth-order valence-electron chi connectivity index (χ4n) is 5.55. The van der Waals surface area contributed by atoms with Gasteiger partial charge in [0.05, 0.1) is 25.0 Å². The molecular weight excluding hydrogens is 611 g/mol. The third-order valence-corrected chi connectivity index (χ3v) is 8.03. The molecule has 1 amide bonds. The van der Waals surface area contributed by atoms with E-state index in [9.17, 15) is 34.7 Å². The molecule has 46 heavy (non-hydrogen) atoms. The lowest BCUT2D eigenvalue weighted by Gasteiger charge is -2.41. The summed E-state index contributed by atoms with van der Waals surface area (Å²) in [5, 5.41) is 59.0. The van der Waals surface area contributed by atoms with E-state index < -0.39 is 66.8 Å². The van der Waals surface area contributed by atoms with Crippen LogP contribution < -0.4 is 14.8 Å². The standard InChI is InChI=1S/C31H37FN2O12/c1-14(31(40)33-24-25(37)27(39)30-29(26(24)38)42-13-43-30)8-16-4-7-22(19(35)10-16)45-23-11-20(36)28(46-23)15(2)34-44-12-17-5-6-21(41-3)18(32)9-17/h4-10,20,23-30,35-39H,11-13H2,1-3H3,(H,33,40)/b14-8+,34-15-/t20-,23+,24+,25-,26+,27+,28+,29-,30+/m0/s1. The monoisotopic (exact) mass is 648 g/mol. The van der Waals surface area contributed by atoms with Gasteiger partial charge in [-0.05, 0) is 55.3 Å². The van der Waals surface area contributed by atoms with Gasteiger partial charge in [-0.3, -0.25) is 4.79 Å². The minimum Gasteiger partial charge on any atom is -0.504 e. The Labute approximate surface area is 263 Å². The topological polar surface area (TPSA) is 198 Å². The van der Waals surface area contributed by atoms with E-state index in [1.165, 1.54) is 44.4 Å². The smallest absolute Gasteiger partial charge is 0.247 e. The maximum atomic E-state index is 13.9. The number of aliphatic hydroxyl groups is 4. The number of carbonyl (C=O) groups excluding carboxylic acids is 1. The summed E-state index contributed by atoms with van der Waals surface area (Å²) in [6.07, 6.45) is -7.15. The van der Waals surface area contributed by atoms with Crippen molar-refractivity contribution >= 4 is 17.7 Å². The van der Waals surface area contributed by atoms with E-state index in [0.717, 1.165) is 0 Å². The molecule has 9 atom stereocenters. The number of methoxy groups -OCH3 is 1. The zero-order chi connectivity index (χ0) is 33.1. The first-order valence-electron chi connectivity index (χ1n) is 14.6. The molecule has 0 spiro atoms. The van der Waals surface area contributed by atoms with Crippen LogP contribution in [0.3, 0.4) is 0 Å². The zero-order valence-corrected chi connectivity index (χ0v) is 25.3. The van der Waals surface area contributed by atoms with E-state index in [2.05, 4.69) is 10.5 Å². The predicted octanol–water partition coefficient (Wildman–Crippen LogP) is 0.713. The van der Waals surface area contributed by atoms with Crippen molar-refractivity contribution in [1.29, 1.82) is 0 Å². The van der Waals surface area contributed by atoms with Crippen molar-refractivity contribution in [2.45, 2.75) is 81.9 Å². The Hall–Kier alpha value is -3.83. The summed E-state index contributed by atoms with van der Waals surface area (Å²) in [6, 6.07) is 7.59.